The highest BCUT2D eigenvalue weighted by Gasteiger charge is 2.18. The van der Waals surface area contributed by atoms with E-state index in [-0.39, 0.29) is 5.91 Å². The number of nitrogens with one attached hydrogen (secondary N) is 2. The molecular formula is C22H25N7O2S. The summed E-state index contributed by atoms with van der Waals surface area (Å²) >= 11 is 1.38. The van der Waals surface area contributed by atoms with Crippen molar-refractivity contribution in [3.63, 3.8) is 0 Å². The topological polar surface area (TPSA) is 107 Å². The third kappa shape index (κ3) is 5.25. The lowest BCUT2D eigenvalue weighted by molar-refractivity contribution is 0.0958. The van der Waals surface area contributed by atoms with Gasteiger partial charge in [-0.05, 0) is 54.8 Å². The number of anilines is 1. The maximum absolute atomic E-state index is 11.7. The van der Waals surface area contributed by atoms with Crippen LogP contribution in [0.3, 0.4) is 0 Å². The maximum Gasteiger partial charge on any atom is 0.269 e. The molecule has 1 aliphatic carbocycles. The van der Waals surface area contributed by atoms with Crippen molar-refractivity contribution in [3.05, 3.63) is 54.3 Å². The van der Waals surface area contributed by atoms with Crippen molar-refractivity contribution in [3.8, 4) is 11.6 Å². The number of amides is 1. The summed E-state index contributed by atoms with van der Waals surface area (Å²) in [5.41, 5.74) is 2.36. The van der Waals surface area contributed by atoms with Gasteiger partial charge in [-0.15, -0.1) is 0 Å². The predicted octanol–water partition coefficient (Wildman–Crippen LogP) is 4.08. The van der Waals surface area contributed by atoms with Crippen LogP contribution in [-0.2, 0) is 7.05 Å². The first-order valence-electron chi connectivity index (χ1n) is 10.4. The Labute approximate surface area is 190 Å². The molecular weight excluding hydrogens is 426 g/mol. The van der Waals surface area contributed by atoms with E-state index in [1.165, 1.54) is 30.1 Å². The van der Waals surface area contributed by atoms with E-state index in [0.29, 0.717) is 29.2 Å². The first kappa shape index (κ1) is 21.8. The summed E-state index contributed by atoms with van der Waals surface area (Å²) < 4.78 is 10.9. The zero-order valence-corrected chi connectivity index (χ0v) is 19.0. The van der Waals surface area contributed by atoms with Crippen LogP contribution in [0.5, 0.6) is 11.6 Å². The van der Waals surface area contributed by atoms with Gasteiger partial charge in [0.25, 0.3) is 5.91 Å². The van der Waals surface area contributed by atoms with Crippen molar-refractivity contribution in [2.24, 2.45) is 13.0 Å². The summed E-state index contributed by atoms with van der Waals surface area (Å²) in [4.78, 5) is 26.1. The number of ether oxygens (including phenoxy) is 1. The summed E-state index contributed by atoms with van der Waals surface area (Å²) in [6, 6.07) is 5.15. The number of carbonyl (C=O) groups is 1. The summed E-state index contributed by atoms with van der Waals surface area (Å²) in [6.07, 6.45) is 10.8. The van der Waals surface area contributed by atoms with E-state index in [2.05, 4.69) is 38.1 Å². The van der Waals surface area contributed by atoms with Crippen LogP contribution in [-0.4, -0.2) is 37.7 Å². The van der Waals surface area contributed by atoms with Gasteiger partial charge in [-0.25, -0.2) is 9.97 Å². The standard InChI is InChI=1S/C22H25N7O2S/c1-14-6-4-5-7-17(14)19-10-20(31-15-8-9-18(24-11-15)21(30)23-2)27-22(26-19)28-32-16-12-25-29(3)13-16/h7-14H,4-6H2,1-3H3,(H,23,30)(H,26,27,28). The average Bonchev–Trinajstić information content (AvgIpc) is 3.23. The fraction of sp³-hybridized carbons (Fsp3) is 0.318. The maximum atomic E-state index is 11.7. The molecule has 3 aromatic rings. The number of aromatic nitrogens is 5. The Kier molecular flexibility index (Phi) is 6.69. The van der Waals surface area contributed by atoms with Crippen LogP contribution >= 0.6 is 11.9 Å². The van der Waals surface area contributed by atoms with Crippen LogP contribution in [0.15, 0.2) is 47.8 Å². The Morgan fingerprint density at radius 2 is 2.16 bits per heavy atom. The Hall–Kier alpha value is -3.40. The highest BCUT2D eigenvalue weighted by Crippen LogP contribution is 2.34. The molecule has 0 aliphatic heterocycles. The van der Waals surface area contributed by atoms with E-state index < -0.39 is 0 Å². The minimum Gasteiger partial charge on any atom is -0.437 e. The van der Waals surface area contributed by atoms with Gasteiger partial charge in [0.15, 0.2) is 0 Å². The molecule has 10 heteroatoms. The lowest BCUT2D eigenvalue weighted by Gasteiger charge is -2.20. The molecule has 0 saturated heterocycles. The molecule has 0 spiro atoms. The summed E-state index contributed by atoms with van der Waals surface area (Å²) in [6.45, 7) is 2.21. The number of nitrogens with zero attached hydrogens (tertiary/aromatic N) is 5. The van der Waals surface area contributed by atoms with Gasteiger partial charge in [0.1, 0.15) is 11.4 Å². The second kappa shape index (κ2) is 9.82. The molecule has 32 heavy (non-hydrogen) atoms. The molecule has 0 saturated carbocycles. The highest BCUT2D eigenvalue weighted by molar-refractivity contribution is 8.00. The quantitative estimate of drug-likeness (QED) is 0.518. The molecule has 166 valence electrons. The second-order valence-corrected chi connectivity index (χ2v) is 8.40. The van der Waals surface area contributed by atoms with E-state index in [0.717, 1.165) is 23.4 Å². The Morgan fingerprint density at radius 3 is 2.84 bits per heavy atom. The molecule has 1 atom stereocenters. The predicted molar refractivity (Wildman–Crippen MR) is 123 cm³/mol. The van der Waals surface area contributed by atoms with E-state index >= 15 is 0 Å². The Balaban J connectivity index is 1.60. The van der Waals surface area contributed by atoms with E-state index in [1.54, 1.807) is 30.1 Å². The van der Waals surface area contributed by atoms with Gasteiger partial charge in [0.2, 0.25) is 11.8 Å². The third-order valence-electron chi connectivity index (χ3n) is 5.09. The highest BCUT2D eigenvalue weighted by atomic mass is 32.2. The summed E-state index contributed by atoms with van der Waals surface area (Å²) in [5, 5.41) is 6.72. The molecule has 0 radical (unpaired) electrons. The van der Waals surface area contributed by atoms with Gasteiger partial charge in [0.05, 0.1) is 23.0 Å². The molecule has 0 fully saturated rings. The van der Waals surface area contributed by atoms with Crippen LogP contribution in [0.1, 0.15) is 42.4 Å². The molecule has 1 amide bonds. The van der Waals surface area contributed by atoms with Gasteiger partial charge in [-0.2, -0.15) is 10.1 Å². The monoisotopic (exact) mass is 451 g/mol. The Bertz CT molecular complexity index is 1130. The van der Waals surface area contributed by atoms with Gasteiger partial charge >= 0.3 is 0 Å². The molecule has 9 nitrogen and oxygen atoms in total. The SMILES string of the molecule is CNC(=O)c1ccc(Oc2cc(C3=CCCCC3C)nc(NSc3cnn(C)c3)n2)cn1. The Morgan fingerprint density at radius 1 is 1.28 bits per heavy atom. The fourth-order valence-corrected chi connectivity index (χ4v) is 4.05. The van der Waals surface area contributed by atoms with Crippen molar-refractivity contribution in [2.45, 2.75) is 31.1 Å². The van der Waals surface area contributed by atoms with Crippen molar-refractivity contribution >= 4 is 29.4 Å². The molecule has 1 aliphatic rings. The van der Waals surface area contributed by atoms with Gasteiger partial charge in [-0.1, -0.05) is 13.0 Å². The lowest BCUT2D eigenvalue weighted by atomic mass is 9.87. The van der Waals surface area contributed by atoms with Crippen LogP contribution in [0.2, 0.25) is 0 Å². The van der Waals surface area contributed by atoms with Crippen molar-refractivity contribution in [2.75, 3.05) is 11.8 Å². The van der Waals surface area contributed by atoms with Crippen LogP contribution in [0.25, 0.3) is 5.57 Å². The molecule has 1 unspecified atom stereocenters. The largest absolute Gasteiger partial charge is 0.437 e. The van der Waals surface area contributed by atoms with E-state index in [9.17, 15) is 4.79 Å². The number of hydrogen-bond acceptors (Lipinski definition) is 8. The van der Waals surface area contributed by atoms with E-state index in [4.69, 9.17) is 9.72 Å². The summed E-state index contributed by atoms with van der Waals surface area (Å²) in [7, 11) is 3.43. The average molecular weight is 452 g/mol. The lowest BCUT2D eigenvalue weighted by Crippen LogP contribution is -2.18. The normalized spacial score (nSPS) is 15.7. The first-order chi connectivity index (χ1) is 15.5. The first-order valence-corrected chi connectivity index (χ1v) is 11.2. The smallest absolute Gasteiger partial charge is 0.269 e. The van der Waals surface area contributed by atoms with Gasteiger partial charge in [-0.3, -0.25) is 14.2 Å². The summed E-state index contributed by atoms with van der Waals surface area (Å²) in [5.74, 6) is 1.49. The van der Waals surface area contributed by atoms with Crippen molar-refractivity contribution in [1.82, 2.24) is 30.0 Å². The molecule has 3 aromatic heterocycles. The third-order valence-corrected chi connectivity index (χ3v) is 5.83. The van der Waals surface area contributed by atoms with E-state index in [1.807, 2.05) is 19.3 Å². The minimum absolute atomic E-state index is 0.252. The number of allylic oxidation sites excluding steroid dienone is 2. The zero-order valence-electron chi connectivity index (χ0n) is 18.2. The van der Waals surface area contributed by atoms with Crippen molar-refractivity contribution < 1.29 is 9.53 Å². The fourth-order valence-electron chi connectivity index (χ4n) is 3.45. The van der Waals surface area contributed by atoms with Crippen LogP contribution < -0.4 is 14.8 Å². The molecule has 3 heterocycles. The molecule has 2 N–H and O–H groups in total. The second-order valence-electron chi connectivity index (χ2n) is 7.52. The number of aryl methyl sites for hydroxylation is 1. The zero-order chi connectivity index (χ0) is 22.5. The van der Waals surface area contributed by atoms with Gasteiger partial charge < -0.3 is 10.1 Å². The van der Waals surface area contributed by atoms with Crippen LogP contribution in [0, 0.1) is 5.92 Å². The van der Waals surface area contributed by atoms with Crippen molar-refractivity contribution in [1.29, 1.82) is 0 Å². The molecule has 0 aromatic carbocycles. The van der Waals surface area contributed by atoms with Crippen LogP contribution in [0.4, 0.5) is 5.95 Å². The van der Waals surface area contributed by atoms with Gasteiger partial charge in [0, 0.05) is 26.4 Å². The minimum atomic E-state index is -0.252. The number of hydrogen-bond donors (Lipinski definition) is 2. The molecule has 0 bridgehead atoms. The number of pyridine rings is 1. The number of rotatable bonds is 7. The number of carbonyl (C=O) groups excluding carboxylic acids is 1. The molecule has 4 rings (SSSR count).